The number of alkyl halides is 3. The number of halogens is 3. The SMILES string of the molecule is Cc1cc(C)c2c(=O)[nH]c(C(F)(F)F)nc2n1. The Morgan fingerprint density at radius 1 is 1.24 bits per heavy atom. The standard InChI is InChI=1S/C10H8F3N3O/c1-4-3-5(2)14-7-6(4)8(17)16-9(15-7)10(11,12)13/h3H,1-2H3,(H,14,15,16,17). The van der Waals surface area contributed by atoms with Crippen molar-refractivity contribution >= 4 is 11.0 Å². The molecule has 0 saturated heterocycles. The fourth-order valence-electron chi connectivity index (χ4n) is 1.62. The molecular weight excluding hydrogens is 235 g/mol. The smallest absolute Gasteiger partial charge is 0.302 e. The molecule has 0 aliphatic rings. The van der Waals surface area contributed by atoms with Gasteiger partial charge >= 0.3 is 6.18 Å². The van der Waals surface area contributed by atoms with E-state index in [1.54, 1.807) is 24.9 Å². The maximum Gasteiger partial charge on any atom is 0.449 e. The molecule has 0 aromatic carbocycles. The van der Waals surface area contributed by atoms with Crippen molar-refractivity contribution in [2.45, 2.75) is 20.0 Å². The summed E-state index contributed by atoms with van der Waals surface area (Å²) in [6.45, 7) is 3.25. The number of pyridine rings is 1. The quantitative estimate of drug-likeness (QED) is 0.769. The summed E-state index contributed by atoms with van der Waals surface area (Å²) in [5.74, 6) is -1.33. The van der Waals surface area contributed by atoms with Crippen molar-refractivity contribution in [3.05, 3.63) is 33.5 Å². The van der Waals surface area contributed by atoms with Gasteiger partial charge < -0.3 is 4.98 Å². The molecule has 1 N–H and O–H groups in total. The first kappa shape index (κ1) is 11.6. The Bertz CT molecular complexity index is 646. The molecule has 0 atom stereocenters. The highest BCUT2D eigenvalue weighted by atomic mass is 19.4. The number of rotatable bonds is 0. The van der Waals surface area contributed by atoms with Gasteiger partial charge in [-0.25, -0.2) is 9.97 Å². The molecule has 7 heteroatoms. The van der Waals surface area contributed by atoms with Gasteiger partial charge in [-0.2, -0.15) is 13.2 Å². The minimum Gasteiger partial charge on any atom is -0.302 e. The second-order valence-electron chi connectivity index (χ2n) is 3.69. The van der Waals surface area contributed by atoms with E-state index in [1.165, 1.54) is 0 Å². The number of hydrogen-bond donors (Lipinski definition) is 1. The van der Waals surface area contributed by atoms with E-state index in [0.29, 0.717) is 11.3 Å². The van der Waals surface area contributed by atoms with Gasteiger partial charge in [0.05, 0.1) is 5.39 Å². The van der Waals surface area contributed by atoms with Gasteiger partial charge in [0.15, 0.2) is 5.65 Å². The zero-order chi connectivity index (χ0) is 12.8. The molecule has 90 valence electrons. The maximum atomic E-state index is 12.4. The number of aromatic nitrogens is 3. The van der Waals surface area contributed by atoms with E-state index in [9.17, 15) is 18.0 Å². The lowest BCUT2D eigenvalue weighted by atomic mass is 10.2. The van der Waals surface area contributed by atoms with Gasteiger partial charge in [-0.3, -0.25) is 4.79 Å². The first-order chi connectivity index (χ1) is 7.79. The fraction of sp³-hybridized carbons (Fsp3) is 0.300. The third-order valence-corrected chi connectivity index (χ3v) is 2.27. The van der Waals surface area contributed by atoms with Gasteiger partial charge in [0.25, 0.3) is 5.56 Å². The van der Waals surface area contributed by atoms with Crippen molar-refractivity contribution in [2.24, 2.45) is 0 Å². The lowest BCUT2D eigenvalue weighted by Crippen LogP contribution is -2.20. The Labute approximate surface area is 93.5 Å². The number of aromatic amines is 1. The van der Waals surface area contributed by atoms with E-state index in [1.807, 2.05) is 0 Å². The summed E-state index contributed by atoms with van der Waals surface area (Å²) in [5.41, 5.74) is 0.0575. The number of fused-ring (bicyclic) bond motifs is 1. The lowest BCUT2D eigenvalue weighted by molar-refractivity contribution is -0.144. The summed E-state index contributed by atoms with van der Waals surface area (Å²) in [7, 11) is 0. The van der Waals surface area contributed by atoms with Crippen molar-refractivity contribution in [3.63, 3.8) is 0 Å². The zero-order valence-corrected chi connectivity index (χ0v) is 9.01. The van der Waals surface area contributed by atoms with Crippen LogP contribution in [0.5, 0.6) is 0 Å². The average molecular weight is 243 g/mol. The highest BCUT2D eigenvalue weighted by molar-refractivity contribution is 5.77. The molecule has 2 aromatic rings. The van der Waals surface area contributed by atoms with Gasteiger partial charge in [-0.1, -0.05) is 0 Å². The van der Waals surface area contributed by atoms with Crippen molar-refractivity contribution in [1.82, 2.24) is 15.0 Å². The molecule has 0 saturated carbocycles. The van der Waals surface area contributed by atoms with Crippen molar-refractivity contribution < 1.29 is 13.2 Å². The molecule has 0 fully saturated rings. The highest BCUT2D eigenvalue weighted by Gasteiger charge is 2.34. The Balaban J connectivity index is 2.87. The summed E-state index contributed by atoms with van der Waals surface area (Å²) in [4.78, 5) is 20.4. The number of aryl methyl sites for hydroxylation is 2. The van der Waals surface area contributed by atoms with Gasteiger partial charge in [0, 0.05) is 5.69 Å². The van der Waals surface area contributed by atoms with Crippen LogP contribution in [0, 0.1) is 13.8 Å². The highest BCUT2D eigenvalue weighted by Crippen LogP contribution is 2.26. The fourth-order valence-corrected chi connectivity index (χ4v) is 1.62. The molecule has 0 aliphatic heterocycles. The lowest BCUT2D eigenvalue weighted by Gasteiger charge is -2.07. The summed E-state index contributed by atoms with van der Waals surface area (Å²) in [5, 5.41) is 0.0867. The van der Waals surface area contributed by atoms with Crippen LogP contribution in [0.2, 0.25) is 0 Å². The average Bonchev–Trinajstić information content (AvgIpc) is 2.13. The number of nitrogens with one attached hydrogen (secondary N) is 1. The van der Waals surface area contributed by atoms with Crippen LogP contribution in [0.1, 0.15) is 17.1 Å². The molecule has 0 unspecified atom stereocenters. The number of nitrogens with zero attached hydrogens (tertiary/aromatic N) is 2. The van der Waals surface area contributed by atoms with E-state index in [-0.39, 0.29) is 11.0 Å². The van der Waals surface area contributed by atoms with Crippen molar-refractivity contribution in [1.29, 1.82) is 0 Å². The third kappa shape index (κ3) is 2.00. The van der Waals surface area contributed by atoms with Crippen LogP contribution in [0.15, 0.2) is 10.9 Å². The molecule has 2 aromatic heterocycles. The molecule has 17 heavy (non-hydrogen) atoms. The van der Waals surface area contributed by atoms with E-state index < -0.39 is 17.6 Å². The molecule has 4 nitrogen and oxygen atoms in total. The first-order valence-electron chi connectivity index (χ1n) is 4.74. The maximum absolute atomic E-state index is 12.4. The Kier molecular flexibility index (Phi) is 2.41. The van der Waals surface area contributed by atoms with Crippen LogP contribution in [0.3, 0.4) is 0 Å². The van der Waals surface area contributed by atoms with Crippen LogP contribution >= 0.6 is 0 Å². The van der Waals surface area contributed by atoms with Crippen molar-refractivity contribution in [2.75, 3.05) is 0 Å². The van der Waals surface area contributed by atoms with Crippen LogP contribution < -0.4 is 5.56 Å². The largest absolute Gasteiger partial charge is 0.449 e. The van der Waals surface area contributed by atoms with Gasteiger partial charge in [-0.15, -0.1) is 0 Å². The predicted octanol–water partition coefficient (Wildman–Crippen LogP) is 1.95. The van der Waals surface area contributed by atoms with E-state index >= 15 is 0 Å². The Morgan fingerprint density at radius 3 is 2.47 bits per heavy atom. The summed E-state index contributed by atoms with van der Waals surface area (Å²) >= 11 is 0. The molecule has 0 bridgehead atoms. The molecule has 0 radical (unpaired) electrons. The molecule has 0 aliphatic carbocycles. The van der Waals surface area contributed by atoms with Crippen molar-refractivity contribution in [3.8, 4) is 0 Å². The first-order valence-corrected chi connectivity index (χ1v) is 4.74. The monoisotopic (exact) mass is 243 g/mol. The van der Waals surface area contributed by atoms with Gasteiger partial charge in [0.2, 0.25) is 5.82 Å². The molecule has 2 rings (SSSR count). The number of H-pyrrole nitrogens is 1. The Hall–Kier alpha value is -1.92. The molecular formula is C10H8F3N3O. The third-order valence-electron chi connectivity index (χ3n) is 2.27. The van der Waals surface area contributed by atoms with E-state index in [0.717, 1.165) is 0 Å². The number of hydrogen-bond acceptors (Lipinski definition) is 3. The molecule has 0 amide bonds. The van der Waals surface area contributed by atoms with E-state index in [2.05, 4.69) is 9.97 Å². The Morgan fingerprint density at radius 2 is 1.88 bits per heavy atom. The van der Waals surface area contributed by atoms with E-state index in [4.69, 9.17) is 0 Å². The topological polar surface area (TPSA) is 58.6 Å². The molecule has 2 heterocycles. The molecule has 0 spiro atoms. The zero-order valence-electron chi connectivity index (χ0n) is 9.01. The summed E-state index contributed by atoms with van der Waals surface area (Å²) in [6.07, 6.45) is -4.69. The second-order valence-corrected chi connectivity index (χ2v) is 3.69. The normalized spacial score (nSPS) is 12.1. The minimum absolute atomic E-state index is 0.0867. The van der Waals surface area contributed by atoms with Crippen LogP contribution in [0.4, 0.5) is 13.2 Å². The van der Waals surface area contributed by atoms with Gasteiger partial charge in [0.1, 0.15) is 0 Å². The van der Waals surface area contributed by atoms with Gasteiger partial charge in [-0.05, 0) is 25.5 Å². The van der Waals surface area contributed by atoms with Crippen LogP contribution in [-0.2, 0) is 6.18 Å². The van der Waals surface area contributed by atoms with Crippen LogP contribution in [-0.4, -0.2) is 15.0 Å². The predicted molar refractivity (Wildman–Crippen MR) is 54.6 cm³/mol. The minimum atomic E-state index is -4.69. The van der Waals surface area contributed by atoms with Crippen LogP contribution in [0.25, 0.3) is 11.0 Å². The summed E-state index contributed by atoms with van der Waals surface area (Å²) < 4.78 is 37.3. The second kappa shape index (κ2) is 3.54. The summed E-state index contributed by atoms with van der Waals surface area (Å²) in [6, 6.07) is 1.62.